The van der Waals surface area contributed by atoms with Gasteiger partial charge < -0.3 is 4.90 Å². The van der Waals surface area contributed by atoms with Crippen molar-refractivity contribution in [1.29, 1.82) is 0 Å². The summed E-state index contributed by atoms with van der Waals surface area (Å²) in [5.74, 6) is 0.309. The molecule has 0 radical (unpaired) electrons. The fourth-order valence-electron chi connectivity index (χ4n) is 2.50. The summed E-state index contributed by atoms with van der Waals surface area (Å²) in [6.07, 6.45) is 4.38. The predicted octanol–water partition coefficient (Wildman–Crippen LogP) is 3.52. The Bertz CT molecular complexity index is 429. The molecular weight excluding hydrogens is 241 g/mol. The third-order valence-corrected chi connectivity index (χ3v) is 4.02. The molecule has 104 valence electrons. The van der Waals surface area contributed by atoms with Gasteiger partial charge in [-0.15, -0.1) is 0 Å². The van der Waals surface area contributed by atoms with Gasteiger partial charge in [-0.05, 0) is 37.4 Å². The molecule has 1 aliphatic carbocycles. The van der Waals surface area contributed by atoms with Gasteiger partial charge in [0, 0.05) is 19.5 Å². The molecule has 0 heterocycles. The molecule has 1 aromatic rings. The molecule has 2 nitrogen and oxygen atoms in total. The zero-order valence-corrected chi connectivity index (χ0v) is 11.6. The highest BCUT2D eigenvalue weighted by atomic mass is 19.1. The molecule has 0 saturated heterocycles. The van der Waals surface area contributed by atoms with Crippen LogP contribution in [0.3, 0.4) is 0 Å². The van der Waals surface area contributed by atoms with Crippen LogP contribution in [-0.4, -0.2) is 30.3 Å². The van der Waals surface area contributed by atoms with Gasteiger partial charge in [-0.3, -0.25) is 4.79 Å². The van der Waals surface area contributed by atoms with Crippen molar-refractivity contribution in [3.8, 4) is 0 Å². The van der Waals surface area contributed by atoms with Crippen molar-refractivity contribution in [2.75, 3.05) is 19.6 Å². The molecule has 0 unspecified atom stereocenters. The highest BCUT2D eigenvalue weighted by Gasteiger charge is 2.20. The second kappa shape index (κ2) is 6.80. The summed E-state index contributed by atoms with van der Waals surface area (Å²) in [5, 5.41) is 0. The Balaban J connectivity index is 1.83. The average molecular weight is 263 g/mol. The van der Waals surface area contributed by atoms with Crippen molar-refractivity contribution in [1.82, 2.24) is 4.90 Å². The van der Waals surface area contributed by atoms with Gasteiger partial charge in [0.05, 0.1) is 5.56 Å². The van der Waals surface area contributed by atoms with Gasteiger partial charge in [0.25, 0.3) is 0 Å². The molecule has 19 heavy (non-hydrogen) atoms. The standard InChI is InChI=1S/C16H22FNO/c1-2-18(12-13-6-5-7-13)11-10-16(19)14-8-3-4-9-15(14)17/h3-4,8-9,13H,2,5-7,10-12H2,1H3. The molecule has 0 spiro atoms. The number of carbonyl (C=O) groups is 1. The Hall–Kier alpha value is -1.22. The summed E-state index contributed by atoms with van der Waals surface area (Å²) in [7, 11) is 0. The lowest BCUT2D eigenvalue weighted by Gasteiger charge is -2.31. The van der Waals surface area contributed by atoms with Gasteiger partial charge in [-0.1, -0.05) is 25.5 Å². The summed E-state index contributed by atoms with van der Waals surface area (Å²) in [4.78, 5) is 14.3. The molecule has 0 aromatic heterocycles. The van der Waals surface area contributed by atoms with Crippen LogP contribution in [0.1, 0.15) is 43.0 Å². The van der Waals surface area contributed by atoms with Crippen LogP contribution in [0.4, 0.5) is 4.39 Å². The fraction of sp³-hybridized carbons (Fsp3) is 0.562. The van der Waals surface area contributed by atoms with E-state index in [2.05, 4.69) is 11.8 Å². The SMILES string of the molecule is CCN(CCC(=O)c1ccccc1F)CC1CCC1. The van der Waals surface area contributed by atoms with Crippen LogP contribution < -0.4 is 0 Å². The molecule has 0 amide bonds. The Morgan fingerprint density at radius 2 is 2.11 bits per heavy atom. The molecule has 0 N–H and O–H groups in total. The first kappa shape index (κ1) is 14.2. The number of hydrogen-bond acceptors (Lipinski definition) is 2. The van der Waals surface area contributed by atoms with E-state index >= 15 is 0 Å². The lowest BCUT2D eigenvalue weighted by Crippen LogP contribution is -2.34. The largest absolute Gasteiger partial charge is 0.303 e. The Kier molecular flexibility index (Phi) is 5.08. The number of hydrogen-bond donors (Lipinski definition) is 0. The number of nitrogens with zero attached hydrogens (tertiary/aromatic N) is 1. The van der Waals surface area contributed by atoms with E-state index in [1.165, 1.54) is 25.3 Å². The molecule has 1 aromatic carbocycles. The quantitative estimate of drug-likeness (QED) is 0.701. The van der Waals surface area contributed by atoms with Gasteiger partial charge in [0.15, 0.2) is 5.78 Å². The highest BCUT2D eigenvalue weighted by molar-refractivity contribution is 5.96. The third kappa shape index (κ3) is 3.87. The summed E-state index contributed by atoms with van der Waals surface area (Å²) in [6, 6.07) is 6.24. The minimum absolute atomic E-state index is 0.0924. The van der Waals surface area contributed by atoms with E-state index in [0.29, 0.717) is 6.42 Å². The van der Waals surface area contributed by atoms with E-state index in [9.17, 15) is 9.18 Å². The minimum Gasteiger partial charge on any atom is -0.303 e. The van der Waals surface area contributed by atoms with Crippen molar-refractivity contribution >= 4 is 5.78 Å². The van der Waals surface area contributed by atoms with E-state index in [4.69, 9.17) is 0 Å². The van der Waals surface area contributed by atoms with Gasteiger partial charge in [-0.25, -0.2) is 4.39 Å². The van der Waals surface area contributed by atoms with E-state index in [-0.39, 0.29) is 11.3 Å². The second-order valence-corrected chi connectivity index (χ2v) is 5.34. The normalized spacial score (nSPS) is 15.5. The first-order chi connectivity index (χ1) is 9.20. The monoisotopic (exact) mass is 263 g/mol. The van der Waals surface area contributed by atoms with E-state index in [0.717, 1.165) is 25.6 Å². The summed E-state index contributed by atoms with van der Waals surface area (Å²) >= 11 is 0. The number of benzene rings is 1. The lowest BCUT2D eigenvalue weighted by atomic mass is 9.85. The first-order valence-corrected chi connectivity index (χ1v) is 7.20. The molecule has 1 aliphatic rings. The summed E-state index contributed by atoms with van der Waals surface area (Å²) < 4.78 is 13.5. The molecule has 0 aliphatic heterocycles. The number of carbonyl (C=O) groups excluding carboxylic acids is 1. The van der Waals surface area contributed by atoms with Crippen LogP contribution in [0.5, 0.6) is 0 Å². The second-order valence-electron chi connectivity index (χ2n) is 5.34. The first-order valence-electron chi connectivity index (χ1n) is 7.20. The highest BCUT2D eigenvalue weighted by Crippen LogP contribution is 2.27. The molecule has 1 saturated carbocycles. The topological polar surface area (TPSA) is 20.3 Å². The maximum atomic E-state index is 13.5. The number of halogens is 1. The van der Waals surface area contributed by atoms with Crippen molar-refractivity contribution in [3.63, 3.8) is 0 Å². The van der Waals surface area contributed by atoms with Crippen molar-refractivity contribution in [2.45, 2.75) is 32.6 Å². The zero-order valence-electron chi connectivity index (χ0n) is 11.6. The molecular formula is C16H22FNO. The Morgan fingerprint density at radius 3 is 2.68 bits per heavy atom. The average Bonchev–Trinajstić information content (AvgIpc) is 2.37. The third-order valence-electron chi connectivity index (χ3n) is 4.02. The van der Waals surface area contributed by atoms with Crippen LogP contribution in [-0.2, 0) is 0 Å². The Morgan fingerprint density at radius 1 is 1.37 bits per heavy atom. The van der Waals surface area contributed by atoms with E-state index in [1.807, 2.05) is 0 Å². The predicted molar refractivity (Wildman–Crippen MR) is 74.8 cm³/mol. The van der Waals surface area contributed by atoms with Gasteiger partial charge in [0.1, 0.15) is 5.82 Å². The lowest BCUT2D eigenvalue weighted by molar-refractivity contribution is 0.0950. The van der Waals surface area contributed by atoms with Gasteiger partial charge in [-0.2, -0.15) is 0 Å². The molecule has 1 fully saturated rings. The van der Waals surface area contributed by atoms with Crippen LogP contribution >= 0.6 is 0 Å². The molecule has 0 bridgehead atoms. The van der Waals surface area contributed by atoms with Crippen molar-refractivity contribution < 1.29 is 9.18 Å². The van der Waals surface area contributed by atoms with Crippen molar-refractivity contribution in [3.05, 3.63) is 35.6 Å². The summed E-state index contributed by atoms with van der Waals surface area (Å²) in [6.45, 7) is 4.90. The molecule has 3 heteroatoms. The van der Waals surface area contributed by atoms with Crippen molar-refractivity contribution in [2.24, 2.45) is 5.92 Å². The van der Waals surface area contributed by atoms with Crippen LogP contribution in [0.15, 0.2) is 24.3 Å². The maximum Gasteiger partial charge on any atom is 0.167 e. The number of rotatable bonds is 7. The van der Waals surface area contributed by atoms with Gasteiger partial charge >= 0.3 is 0 Å². The van der Waals surface area contributed by atoms with E-state index in [1.54, 1.807) is 18.2 Å². The minimum atomic E-state index is -0.408. The van der Waals surface area contributed by atoms with Crippen LogP contribution in [0, 0.1) is 11.7 Å². The Labute approximate surface area is 114 Å². The van der Waals surface area contributed by atoms with E-state index < -0.39 is 5.82 Å². The molecule has 2 rings (SSSR count). The maximum absolute atomic E-state index is 13.5. The fourth-order valence-corrected chi connectivity index (χ4v) is 2.50. The molecule has 0 atom stereocenters. The number of Topliss-reactive ketones (excluding diaryl/α,β-unsaturated/α-hetero) is 1. The summed E-state index contributed by atoms with van der Waals surface area (Å²) in [5.41, 5.74) is 0.224. The van der Waals surface area contributed by atoms with Gasteiger partial charge in [0.2, 0.25) is 0 Å². The van der Waals surface area contributed by atoms with Crippen LogP contribution in [0.2, 0.25) is 0 Å². The zero-order chi connectivity index (χ0) is 13.7. The smallest absolute Gasteiger partial charge is 0.167 e. The number of ketones is 1. The van der Waals surface area contributed by atoms with Crippen LogP contribution in [0.25, 0.3) is 0 Å².